The predicted octanol–water partition coefficient (Wildman–Crippen LogP) is 8.84. The maximum atomic E-state index is 12.2. The van der Waals surface area contributed by atoms with Crippen molar-refractivity contribution in [3.63, 3.8) is 0 Å². The second-order valence-electron chi connectivity index (χ2n) is 9.09. The van der Waals surface area contributed by atoms with Crippen molar-refractivity contribution in [2.75, 3.05) is 0 Å². The van der Waals surface area contributed by atoms with Crippen molar-refractivity contribution >= 4 is 35.1 Å². The Bertz CT molecular complexity index is 1480. The lowest BCUT2D eigenvalue weighted by Crippen LogP contribution is -2.12. The maximum absolute atomic E-state index is 12.2. The molecule has 4 aromatic carbocycles. The molecule has 0 saturated heterocycles. The standard InChI is InChI=1S/C18H19NO2.C17H17NO2/c1-3-14-9-8-10-15(13-14)18(20)21-17(4-2)19-16-11-6-5-7-12-16;1-3-16(18-15-10-5-4-6-11-15)20-17(19)14-9-7-8-13(2)12-14/h5-13H,3-4H2,1-2H3;4-12H,3H2,1-2H3. The van der Waals surface area contributed by atoms with Crippen molar-refractivity contribution in [3.8, 4) is 0 Å². The van der Waals surface area contributed by atoms with Crippen LogP contribution in [-0.4, -0.2) is 23.7 Å². The third-order valence-electron chi connectivity index (χ3n) is 5.87. The van der Waals surface area contributed by atoms with Gasteiger partial charge in [-0.1, -0.05) is 87.0 Å². The van der Waals surface area contributed by atoms with E-state index < -0.39 is 0 Å². The van der Waals surface area contributed by atoms with Crippen LogP contribution in [0.15, 0.2) is 119 Å². The van der Waals surface area contributed by atoms with Gasteiger partial charge in [0, 0.05) is 12.8 Å². The van der Waals surface area contributed by atoms with Crippen LogP contribution in [0.3, 0.4) is 0 Å². The summed E-state index contributed by atoms with van der Waals surface area (Å²) in [6.07, 6.45) is 2.01. The Morgan fingerprint density at radius 3 is 1.49 bits per heavy atom. The van der Waals surface area contributed by atoms with E-state index in [2.05, 4.69) is 16.9 Å². The molecule has 0 aromatic heterocycles. The third-order valence-corrected chi connectivity index (χ3v) is 5.87. The number of aliphatic imine (C=N–C) groups is 2. The first-order chi connectivity index (χ1) is 19.9. The summed E-state index contributed by atoms with van der Waals surface area (Å²) in [5.41, 5.74) is 4.80. The number of ether oxygens (including phenoxy) is 2. The summed E-state index contributed by atoms with van der Waals surface area (Å²) in [6.45, 7) is 7.82. The van der Waals surface area contributed by atoms with Crippen molar-refractivity contribution < 1.29 is 19.1 Å². The van der Waals surface area contributed by atoms with Crippen LogP contribution in [0.1, 0.15) is 65.5 Å². The van der Waals surface area contributed by atoms with Crippen molar-refractivity contribution in [1.29, 1.82) is 0 Å². The Morgan fingerprint density at radius 2 is 1.05 bits per heavy atom. The molecule has 4 rings (SSSR count). The van der Waals surface area contributed by atoms with Gasteiger partial charge in [0.25, 0.3) is 0 Å². The molecular weight excluding hydrogens is 512 g/mol. The molecule has 0 aliphatic heterocycles. The molecule has 0 saturated carbocycles. The van der Waals surface area contributed by atoms with Gasteiger partial charge in [-0.25, -0.2) is 19.6 Å². The number of benzene rings is 4. The molecule has 41 heavy (non-hydrogen) atoms. The summed E-state index contributed by atoms with van der Waals surface area (Å²) >= 11 is 0. The van der Waals surface area contributed by atoms with Crippen molar-refractivity contribution in [2.24, 2.45) is 9.98 Å². The Hall–Kier alpha value is -4.84. The van der Waals surface area contributed by atoms with Gasteiger partial charge in [-0.15, -0.1) is 0 Å². The Labute approximate surface area is 242 Å². The highest BCUT2D eigenvalue weighted by Gasteiger charge is 2.12. The van der Waals surface area contributed by atoms with E-state index in [1.54, 1.807) is 18.2 Å². The Kier molecular flexibility index (Phi) is 12.2. The average Bonchev–Trinajstić information content (AvgIpc) is 3.01. The quantitative estimate of drug-likeness (QED) is 0.131. The highest BCUT2D eigenvalue weighted by Crippen LogP contribution is 2.15. The number of hydrogen-bond donors (Lipinski definition) is 0. The van der Waals surface area contributed by atoms with E-state index in [4.69, 9.17) is 9.47 Å². The fourth-order valence-corrected chi connectivity index (χ4v) is 3.66. The Morgan fingerprint density at radius 1 is 0.585 bits per heavy atom. The molecule has 0 N–H and O–H groups in total. The van der Waals surface area contributed by atoms with Crippen LogP contribution in [0.25, 0.3) is 0 Å². The maximum Gasteiger partial charge on any atom is 0.344 e. The highest BCUT2D eigenvalue weighted by molar-refractivity contribution is 5.99. The van der Waals surface area contributed by atoms with Gasteiger partial charge < -0.3 is 9.47 Å². The lowest BCUT2D eigenvalue weighted by atomic mass is 10.1. The first-order valence-corrected chi connectivity index (χ1v) is 13.8. The lowest BCUT2D eigenvalue weighted by Gasteiger charge is -2.07. The summed E-state index contributed by atoms with van der Waals surface area (Å²) in [7, 11) is 0. The number of hydrogen-bond acceptors (Lipinski definition) is 6. The van der Waals surface area contributed by atoms with E-state index in [1.165, 1.54) is 0 Å². The van der Waals surface area contributed by atoms with Crippen molar-refractivity contribution in [1.82, 2.24) is 0 Å². The van der Waals surface area contributed by atoms with Crippen LogP contribution >= 0.6 is 0 Å². The topological polar surface area (TPSA) is 77.3 Å². The molecule has 0 amide bonds. The first kappa shape index (κ1) is 30.7. The van der Waals surface area contributed by atoms with Gasteiger partial charge in [0.15, 0.2) is 11.8 Å². The molecule has 0 unspecified atom stereocenters. The minimum Gasteiger partial charge on any atom is -0.408 e. The summed E-state index contributed by atoms with van der Waals surface area (Å²) in [6, 6.07) is 33.7. The van der Waals surface area contributed by atoms with Crippen LogP contribution in [0.5, 0.6) is 0 Å². The van der Waals surface area contributed by atoms with E-state index >= 15 is 0 Å². The van der Waals surface area contributed by atoms with Crippen LogP contribution in [0.4, 0.5) is 11.4 Å². The van der Waals surface area contributed by atoms with E-state index in [0.29, 0.717) is 35.8 Å². The van der Waals surface area contributed by atoms with Gasteiger partial charge in [0.2, 0.25) is 0 Å². The average molecular weight is 549 g/mol. The van der Waals surface area contributed by atoms with E-state index in [9.17, 15) is 9.59 Å². The molecule has 0 atom stereocenters. The van der Waals surface area contributed by atoms with E-state index in [0.717, 1.165) is 28.9 Å². The lowest BCUT2D eigenvalue weighted by molar-refractivity contribution is 0.0702. The zero-order valence-corrected chi connectivity index (χ0v) is 24.0. The molecule has 0 heterocycles. The molecule has 6 nitrogen and oxygen atoms in total. The molecule has 6 heteroatoms. The number of carbonyl (C=O) groups is 2. The SMILES string of the molecule is CCC(=Nc1ccccc1)OC(=O)c1cccc(C)c1.CCC(=Nc1ccccc1)OC(=O)c1cccc(CC)c1. The molecule has 210 valence electrons. The fourth-order valence-electron chi connectivity index (χ4n) is 3.66. The van der Waals surface area contributed by atoms with Gasteiger partial charge in [-0.05, 0) is 67.4 Å². The largest absolute Gasteiger partial charge is 0.408 e. The molecule has 0 bridgehead atoms. The zero-order chi connectivity index (χ0) is 29.5. The normalized spacial score (nSPS) is 11.2. The zero-order valence-electron chi connectivity index (χ0n) is 24.0. The number of nitrogens with zero attached hydrogens (tertiary/aromatic N) is 2. The van der Waals surface area contributed by atoms with Crippen LogP contribution in [0.2, 0.25) is 0 Å². The molecule has 4 aromatic rings. The van der Waals surface area contributed by atoms with Gasteiger partial charge in [-0.3, -0.25) is 0 Å². The molecule has 0 spiro atoms. The van der Waals surface area contributed by atoms with Crippen molar-refractivity contribution in [2.45, 2.75) is 47.0 Å². The number of rotatable bonds is 7. The second kappa shape index (κ2) is 16.3. The number of aryl methyl sites for hydroxylation is 2. The number of carbonyl (C=O) groups excluding carboxylic acids is 2. The van der Waals surface area contributed by atoms with E-state index in [-0.39, 0.29) is 11.9 Å². The monoisotopic (exact) mass is 548 g/mol. The highest BCUT2D eigenvalue weighted by atomic mass is 16.5. The van der Waals surface area contributed by atoms with Crippen LogP contribution < -0.4 is 0 Å². The van der Waals surface area contributed by atoms with Crippen LogP contribution in [-0.2, 0) is 15.9 Å². The Balaban J connectivity index is 0.000000226. The van der Waals surface area contributed by atoms with Gasteiger partial charge >= 0.3 is 11.9 Å². The predicted molar refractivity (Wildman–Crippen MR) is 165 cm³/mol. The summed E-state index contributed by atoms with van der Waals surface area (Å²) in [4.78, 5) is 32.9. The van der Waals surface area contributed by atoms with E-state index in [1.807, 2.05) is 112 Å². The molecule has 0 fully saturated rings. The van der Waals surface area contributed by atoms with Gasteiger partial charge in [-0.2, -0.15) is 0 Å². The fraction of sp³-hybridized carbons (Fsp3) is 0.200. The smallest absolute Gasteiger partial charge is 0.344 e. The molecule has 0 aliphatic carbocycles. The molecule has 0 aliphatic rings. The number of esters is 2. The van der Waals surface area contributed by atoms with Gasteiger partial charge in [0.05, 0.1) is 22.5 Å². The number of para-hydroxylation sites is 2. The van der Waals surface area contributed by atoms with Crippen LogP contribution in [0, 0.1) is 6.92 Å². The van der Waals surface area contributed by atoms with Crippen molar-refractivity contribution in [3.05, 3.63) is 131 Å². The summed E-state index contributed by atoms with van der Waals surface area (Å²) < 4.78 is 10.8. The summed E-state index contributed by atoms with van der Waals surface area (Å²) in [5.74, 6) is 0.114. The summed E-state index contributed by atoms with van der Waals surface area (Å²) in [5, 5.41) is 0. The molecule has 0 radical (unpaired) electrons. The second-order valence-corrected chi connectivity index (χ2v) is 9.09. The third kappa shape index (κ3) is 10.3. The first-order valence-electron chi connectivity index (χ1n) is 13.8. The minimum absolute atomic E-state index is 0.359. The van der Waals surface area contributed by atoms with Gasteiger partial charge in [0.1, 0.15) is 0 Å². The molecular formula is C35H36N2O4. The minimum atomic E-state index is -0.370.